The number of nitrogens with zero attached hydrogens (tertiary/aromatic N) is 3. The normalized spacial score (nSPS) is 25.3. The zero-order valence-corrected chi connectivity index (χ0v) is 18.2. The predicted molar refractivity (Wildman–Crippen MR) is 122 cm³/mol. The quantitative estimate of drug-likeness (QED) is 0.596. The van der Waals surface area contributed by atoms with Crippen molar-refractivity contribution in [3.63, 3.8) is 0 Å². The molecule has 2 heterocycles. The Hall–Kier alpha value is -1.63. The van der Waals surface area contributed by atoms with Crippen LogP contribution in [-0.4, -0.2) is 48.2 Å². The van der Waals surface area contributed by atoms with Crippen molar-refractivity contribution < 1.29 is 4.74 Å². The van der Waals surface area contributed by atoms with Gasteiger partial charge in [-0.15, -0.1) is 11.8 Å². The first-order valence-corrected chi connectivity index (χ1v) is 11.5. The molecule has 1 spiro atoms. The molecule has 0 radical (unpaired) electrons. The zero-order chi connectivity index (χ0) is 20.3. The van der Waals surface area contributed by atoms with E-state index in [4.69, 9.17) is 10.5 Å². The summed E-state index contributed by atoms with van der Waals surface area (Å²) in [5, 5.41) is 1.70. The number of rotatable bonds is 4. The van der Waals surface area contributed by atoms with Crippen molar-refractivity contribution in [3.05, 3.63) is 47.4 Å². The molecule has 1 aromatic carbocycles. The third kappa shape index (κ3) is 4.44. The molecule has 0 saturated carbocycles. The van der Waals surface area contributed by atoms with E-state index in [1.165, 1.54) is 11.1 Å². The van der Waals surface area contributed by atoms with Gasteiger partial charge in [-0.3, -0.25) is 4.99 Å². The van der Waals surface area contributed by atoms with Gasteiger partial charge in [0.2, 0.25) is 0 Å². The largest absolute Gasteiger partial charge is 0.381 e. The second kappa shape index (κ2) is 9.02. The summed E-state index contributed by atoms with van der Waals surface area (Å²) >= 11 is 1.86. The number of piperidine rings is 1. The van der Waals surface area contributed by atoms with Gasteiger partial charge in [-0.05, 0) is 62.3 Å². The number of ether oxygens (including phenoxy) is 1. The van der Waals surface area contributed by atoms with Crippen LogP contribution in [0.4, 0.5) is 0 Å². The Morgan fingerprint density at radius 3 is 2.69 bits per heavy atom. The van der Waals surface area contributed by atoms with Crippen LogP contribution in [0.3, 0.4) is 0 Å². The van der Waals surface area contributed by atoms with Gasteiger partial charge in [-0.1, -0.05) is 24.3 Å². The van der Waals surface area contributed by atoms with Gasteiger partial charge in [0.05, 0.1) is 11.2 Å². The van der Waals surface area contributed by atoms with Crippen LogP contribution in [-0.2, 0) is 11.2 Å². The molecule has 0 aromatic heterocycles. The molecule has 1 aliphatic carbocycles. The van der Waals surface area contributed by atoms with Crippen LogP contribution >= 0.6 is 11.8 Å². The first-order chi connectivity index (χ1) is 14.1. The van der Waals surface area contributed by atoms with Crippen molar-refractivity contribution in [1.82, 2.24) is 4.90 Å². The Labute approximate surface area is 178 Å². The Bertz CT molecular complexity index is 792. The molecule has 3 aliphatic rings. The van der Waals surface area contributed by atoms with E-state index < -0.39 is 0 Å². The van der Waals surface area contributed by atoms with Crippen molar-refractivity contribution in [3.8, 4) is 0 Å². The second-order valence-corrected chi connectivity index (χ2v) is 9.92. The standard InChI is InChI=1S/C23H32N4OS/c1-17(29-19-7-13-28-14-8-19)26-16-21(25-2)27-11-9-23(10-12-27)15-18-5-3-4-6-20(18)22(23)24/h3-6,16,19,22H,2,7-15,24H2,1H3/b21-16+,26-17?/t22-/m1/s1. The van der Waals surface area contributed by atoms with Crippen LogP contribution in [0.5, 0.6) is 0 Å². The molecule has 2 N–H and O–H groups in total. The monoisotopic (exact) mass is 412 g/mol. The van der Waals surface area contributed by atoms with Crippen LogP contribution in [0.1, 0.15) is 49.8 Å². The molecule has 1 aromatic rings. The maximum absolute atomic E-state index is 6.69. The van der Waals surface area contributed by atoms with Crippen molar-refractivity contribution >= 4 is 23.5 Å². The average Bonchev–Trinajstić information content (AvgIpc) is 3.02. The minimum Gasteiger partial charge on any atom is -0.381 e. The lowest BCUT2D eigenvalue weighted by atomic mass is 9.73. The van der Waals surface area contributed by atoms with E-state index in [1.54, 1.807) is 0 Å². The molecule has 0 bridgehead atoms. The molecule has 4 rings (SSSR count). The highest BCUT2D eigenvalue weighted by Crippen LogP contribution is 2.50. The number of aliphatic imine (C=N–C) groups is 2. The fourth-order valence-corrected chi connectivity index (χ4v) is 5.95. The van der Waals surface area contributed by atoms with Crippen LogP contribution < -0.4 is 5.73 Å². The van der Waals surface area contributed by atoms with Gasteiger partial charge < -0.3 is 15.4 Å². The molecule has 1 atom stereocenters. The molecule has 2 fully saturated rings. The van der Waals surface area contributed by atoms with Gasteiger partial charge in [0, 0.05) is 37.6 Å². The third-order valence-electron chi connectivity index (χ3n) is 6.70. The average molecular weight is 413 g/mol. The summed E-state index contributed by atoms with van der Waals surface area (Å²) in [6, 6.07) is 8.81. The minimum atomic E-state index is 0.140. The van der Waals surface area contributed by atoms with Crippen LogP contribution in [0.2, 0.25) is 0 Å². The first-order valence-electron chi connectivity index (χ1n) is 10.7. The molecule has 156 valence electrons. The fraction of sp³-hybridized carbons (Fsp3) is 0.565. The van der Waals surface area contributed by atoms with Crippen LogP contribution in [0.15, 0.2) is 46.3 Å². The van der Waals surface area contributed by atoms with E-state index in [0.717, 1.165) is 69.3 Å². The number of nitrogens with two attached hydrogens (primary N) is 1. The fourth-order valence-electron chi connectivity index (χ4n) is 4.92. The number of hydrogen-bond donors (Lipinski definition) is 1. The van der Waals surface area contributed by atoms with Crippen molar-refractivity contribution in [2.24, 2.45) is 21.1 Å². The topological polar surface area (TPSA) is 63.2 Å². The summed E-state index contributed by atoms with van der Waals surface area (Å²) < 4.78 is 5.44. The Balaban J connectivity index is 1.37. The van der Waals surface area contributed by atoms with E-state index in [2.05, 4.69) is 52.8 Å². The number of fused-ring (bicyclic) bond motifs is 1. The Morgan fingerprint density at radius 2 is 2.00 bits per heavy atom. The van der Waals surface area contributed by atoms with Gasteiger partial charge >= 0.3 is 0 Å². The lowest BCUT2D eigenvalue weighted by Gasteiger charge is -2.42. The summed E-state index contributed by atoms with van der Waals surface area (Å²) in [5.41, 5.74) is 9.64. The zero-order valence-electron chi connectivity index (χ0n) is 17.3. The van der Waals surface area contributed by atoms with Gasteiger partial charge in [0.15, 0.2) is 0 Å². The lowest BCUT2D eigenvalue weighted by molar-refractivity contribution is 0.100. The van der Waals surface area contributed by atoms with Crippen molar-refractivity contribution in [2.45, 2.75) is 50.3 Å². The number of benzene rings is 1. The number of hydrogen-bond acceptors (Lipinski definition) is 6. The van der Waals surface area contributed by atoms with E-state index in [1.807, 2.05) is 18.0 Å². The highest BCUT2D eigenvalue weighted by molar-refractivity contribution is 8.14. The Morgan fingerprint density at radius 1 is 1.28 bits per heavy atom. The minimum absolute atomic E-state index is 0.140. The SMILES string of the molecule is C=N/C(=C\N=C(C)SC1CCOCC1)N1CCC2(CC1)Cc1ccccc1[C@H]2N. The molecular formula is C23H32N4OS. The summed E-state index contributed by atoms with van der Waals surface area (Å²) in [6.45, 7) is 9.50. The maximum atomic E-state index is 6.69. The van der Waals surface area contributed by atoms with Gasteiger partial charge in [0.1, 0.15) is 5.82 Å². The van der Waals surface area contributed by atoms with Crippen molar-refractivity contribution in [1.29, 1.82) is 0 Å². The molecule has 2 aliphatic heterocycles. The van der Waals surface area contributed by atoms with Gasteiger partial charge in [0.25, 0.3) is 0 Å². The van der Waals surface area contributed by atoms with Gasteiger partial charge in [-0.25, -0.2) is 4.99 Å². The molecule has 29 heavy (non-hydrogen) atoms. The summed E-state index contributed by atoms with van der Waals surface area (Å²) in [5.74, 6) is 0.871. The highest BCUT2D eigenvalue weighted by atomic mass is 32.2. The summed E-state index contributed by atoms with van der Waals surface area (Å²) in [4.78, 5) is 11.3. The van der Waals surface area contributed by atoms with Gasteiger partial charge in [-0.2, -0.15) is 0 Å². The first kappa shape index (κ1) is 20.6. The smallest absolute Gasteiger partial charge is 0.146 e. The Kier molecular flexibility index (Phi) is 6.42. The molecule has 0 unspecified atom stereocenters. The second-order valence-electron chi connectivity index (χ2n) is 8.43. The highest BCUT2D eigenvalue weighted by Gasteiger charge is 2.45. The molecule has 2 saturated heterocycles. The third-order valence-corrected chi connectivity index (χ3v) is 7.96. The lowest BCUT2D eigenvalue weighted by Crippen LogP contribution is -2.43. The molecule has 6 heteroatoms. The van der Waals surface area contributed by atoms with Crippen molar-refractivity contribution in [2.75, 3.05) is 26.3 Å². The van der Waals surface area contributed by atoms with Crippen LogP contribution in [0.25, 0.3) is 0 Å². The maximum Gasteiger partial charge on any atom is 0.146 e. The summed E-state index contributed by atoms with van der Waals surface area (Å²) in [7, 11) is 0. The van der Waals surface area contributed by atoms with E-state index in [0.29, 0.717) is 5.25 Å². The van der Waals surface area contributed by atoms with E-state index in [-0.39, 0.29) is 11.5 Å². The van der Waals surface area contributed by atoms with E-state index >= 15 is 0 Å². The number of thioether (sulfide) groups is 1. The van der Waals surface area contributed by atoms with Crippen LogP contribution in [0, 0.1) is 5.41 Å². The summed E-state index contributed by atoms with van der Waals surface area (Å²) in [6.07, 6.45) is 7.34. The van der Waals surface area contributed by atoms with E-state index in [9.17, 15) is 0 Å². The molecule has 0 amide bonds. The molecular weight excluding hydrogens is 380 g/mol. The molecule has 5 nitrogen and oxygen atoms in total. The number of likely N-dealkylation sites (tertiary alicyclic amines) is 1. The predicted octanol–water partition coefficient (Wildman–Crippen LogP) is 4.15.